The molecule has 0 rings (SSSR count). The molecule has 0 amide bonds. The summed E-state index contributed by atoms with van der Waals surface area (Å²) in [7, 11) is 1.54. The highest BCUT2D eigenvalue weighted by Crippen LogP contribution is 1.93. The number of methoxy groups -OCH3 is 1. The molecule has 1 N–H and O–H groups in total. The molecule has 0 heterocycles. The zero-order chi connectivity index (χ0) is 7.98. The van der Waals surface area contributed by atoms with Crippen LogP contribution >= 0.6 is 0 Å². The van der Waals surface area contributed by atoms with Crippen LogP contribution in [-0.4, -0.2) is 30.9 Å². The van der Waals surface area contributed by atoms with Crippen molar-refractivity contribution in [2.24, 2.45) is 5.16 Å². The first-order chi connectivity index (χ1) is 4.72. The van der Waals surface area contributed by atoms with Crippen molar-refractivity contribution < 1.29 is 14.7 Å². The quantitative estimate of drug-likeness (QED) is 0.277. The normalized spacial score (nSPS) is 15.3. The zero-order valence-corrected chi connectivity index (χ0v) is 6.50. The van der Waals surface area contributed by atoms with Crippen LogP contribution in [0.25, 0.3) is 0 Å². The van der Waals surface area contributed by atoms with Gasteiger partial charge in [0.15, 0.2) is 0 Å². The smallest absolute Gasteiger partial charge is 0.147 e. The minimum absolute atomic E-state index is 0.190. The summed E-state index contributed by atoms with van der Waals surface area (Å²) in [5.74, 6) is 0. The second-order valence-corrected chi connectivity index (χ2v) is 1.96. The number of ether oxygens (including phenoxy) is 2. The standard InChI is InChI=1S/C6H13NO3/c1-5(7-8)6(2)10-4-9-3/h6,8H,4H2,1-3H3/b7-5+. The van der Waals surface area contributed by atoms with Gasteiger partial charge in [0, 0.05) is 7.11 Å². The fourth-order valence-electron chi connectivity index (χ4n) is 0.372. The first-order valence-corrected chi connectivity index (χ1v) is 3.01. The summed E-state index contributed by atoms with van der Waals surface area (Å²) >= 11 is 0. The maximum absolute atomic E-state index is 8.27. The Bertz CT molecular complexity index is 114. The Labute approximate surface area is 60.4 Å². The molecule has 1 unspecified atom stereocenters. The van der Waals surface area contributed by atoms with Gasteiger partial charge >= 0.3 is 0 Å². The Morgan fingerprint density at radius 2 is 2.30 bits per heavy atom. The lowest BCUT2D eigenvalue weighted by Gasteiger charge is -2.09. The van der Waals surface area contributed by atoms with E-state index in [2.05, 4.69) is 9.89 Å². The van der Waals surface area contributed by atoms with E-state index in [9.17, 15) is 0 Å². The van der Waals surface area contributed by atoms with Crippen molar-refractivity contribution in [1.29, 1.82) is 0 Å². The Hall–Kier alpha value is -0.610. The SMILES string of the molecule is COCOC(C)/C(C)=N/O. The Balaban J connectivity index is 3.51. The average Bonchev–Trinajstić information content (AvgIpc) is 1.98. The molecule has 0 fully saturated rings. The summed E-state index contributed by atoms with van der Waals surface area (Å²) in [6, 6.07) is 0. The van der Waals surface area contributed by atoms with Gasteiger partial charge in [-0.05, 0) is 13.8 Å². The summed E-state index contributed by atoms with van der Waals surface area (Å²) in [6.45, 7) is 3.68. The predicted octanol–water partition coefficient (Wildman–Crippen LogP) is 0.846. The number of hydrogen-bond acceptors (Lipinski definition) is 4. The molecule has 0 aliphatic carbocycles. The van der Waals surface area contributed by atoms with Gasteiger partial charge in [-0.25, -0.2) is 0 Å². The maximum Gasteiger partial charge on any atom is 0.147 e. The molecule has 4 nitrogen and oxygen atoms in total. The van der Waals surface area contributed by atoms with Gasteiger partial charge in [0.2, 0.25) is 0 Å². The van der Waals surface area contributed by atoms with Crippen molar-refractivity contribution in [2.75, 3.05) is 13.9 Å². The summed E-state index contributed by atoms with van der Waals surface area (Å²) in [6.07, 6.45) is -0.190. The van der Waals surface area contributed by atoms with Gasteiger partial charge in [-0.3, -0.25) is 0 Å². The van der Waals surface area contributed by atoms with E-state index < -0.39 is 0 Å². The molecule has 0 saturated carbocycles. The number of nitrogens with zero attached hydrogens (tertiary/aromatic N) is 1. The highest BCUT2D eigenvalue weighted by Gasteiger charge is 2.04. The van der Waals surface area contributed by atoms with E-state index in [1.807, 2.05) is 0 Å². The van der Waals surface area contributed by atoms with E-state index >= 15 is 0 Å². The van der Waals surface area contributed by atoms with E-state index in [1.165, 1.54) is 7.11 Å². The molecule has 4 heteroatoms. The highest BCUT2D eigenvalue weighted by molar-refractivity contribution is 5.85. The molecule has 0 saturated heterocycles. The van der Waals surface area contributed by atoms with Gasteiger partial charge in [-0.2, -0.15) is 0 Å². The van der Waals surface area contributed by atoms with E-state index in [4.69, 9.17) is 9.94 Å². The molecule has 0 aromatic heterocycles. The van der Waals surface area contributed by atoms with Crippen molar-refractivity contribution in [2.45, 2.75) is 20.0 Å². The first kappa shape index (κ1) is 9.39. The monoisotopic (exact) mass is 147 g/mol. The lowest BCUT2D eigenvalue weighted by Crippen LogP contribution is -2.18. The Morgan fingerprint density at radius 3 is 2.70 bits per heavy atom. The number of hydrogen-bond donors (Lipinski definition) is 1. The van der Waals surface area contributed by atoms with Gasteiger partial charge in [-0.1, -0.05) is 5.16 Å². The third-order valence-corrected chi connectivity index (χ3v) is 1.18. The predicted molar refractivity (Wildman–Crippen MR) is 37.3 cm³/mol. The molecule has 0 spiro atoms. The van der Waals surface area contributed by atoms with E-state index in [0.717, 1.165) is 0 Å². The van der Waals surface area contributed by atoms with Gasteiger partial charge < -0.3 is 14.7 Å². The fraction of sp³-hybridized carbons (Fsp3) is 0.833. The summed E-state index contributed by atoms with van der Waals surface area (Å²) in [5, 5.41) is 11.2. The lowest BCUT2D eigenvalue weighted by atomic mass is 10.3. The number of oxime groups is 1. The molecule has 0 aliphatic heterocycles. The molecular formula is C6H13NO3. The van der Waals surface area contributed by atoms with Gasteiger partial charge in [-0.15, -0.1) is 0 Å². The van der Waals surface area contributed by atoms with Crippen molar-refractivity contribution >= 4 is 5.71 Å². The largest absolute Gasteiger partial charge is 0.411 e. The van der Waals surface area contributed by atoms with Crippen molar-refractivity contribution in [3.63, 3.8) is 0 Å². The van der Waals surface area contributed by atoms with E-state index in [1.54, 1.807) is 13.8 Å². The molecule has 0 aromatic rings. The minimum Gasteiger partial charge on any atom is -0.411 e. The molecule has 1 atom stereocenters. The Morgan fingerprint density at radius 1 is 1.70 bits per heavy atom. The van der Waals surface area contributed by atoms with Crippen LogP contribution in [0.4, 0.5) is 0 Å². The first-order valence-electron chi connectivity index (χ1n) is 3.01. The van der Waals surface area contributed by atoms with E-state index in [-0.39, 0.29) is 12.9 Å². The van der Waals surface area contributed by atoms with Crippen LogP contribution in [0.2, 0.25) is 0 Å². The molecular weight excluding hydrogens is 134 g/mol. The second kappa shape index (κ2) is 5.20. The van der Waals surface area contributed by atoms with Gasteiger partial charge in [0.1, 0.15) is 6.79 Å². The molecule has 0 aromatic carbocycles. The molecule has 0 bridgehead atoms. The van der Waals surface area contributed by atoms with Gasteiger partial charge in [0.05, 0.1) is 11.8 Å². The summed E-state index contributed by atoms with van der Waals surface area (Å²) < 4.78 is 9.68. The van der Waals surface area contributed by atoms with Crippen LogP contribution in [0.3, 0.4) is 0 Å². The van der Waals surface area contributed by atoms with Crippen LogP contribution in [0.5, 0.6) is 0 Å². The summed E-state index contributed by atoms with van der Waals surface area (Å²) in [4.78, 5) is 0. The molecule has 10 heavy (non-hydrogen) atoms. The lowest BCUT2D eigenvalue weighted by molar-refractivity contribution is -0.0442. The van der Waals surface area contributed by atoms with Crippen LogP contribution in [-0.2, 0) is 9.47 Å². The zero-order valence-electron chi connectivity index (χ0n) is 6.50. The fourth-order valence-corrected chi connectivity index (χ4v) is 0.372. The topological polar surface area (TPSA) is 51.0 Å². The second-order valence-electron chi connectivity index (χ2n) is 1.96. The van der Waals surface area contributed by atoms with Crippen molar-refractivity contribution in [3.05, 3.63) is 0 Å². The summed E-state index contributed by atoms with van der Waals surface area (Å²) in [5.41, 5.74) is 0.539. The van der Waals surface area contributed by atoms with Crippen molar-refractivity contribution in [1.82, 2.24) is 0 Å². The highest BCUT2D eigenvalue weighted by atomic mass is 16.7. The van der Waals surface area contributed by atoms with Crippen LogP contribution in [0, 0.1) is 0 Å². The van der Waals surface area contributed by atoms with Crippen LogP contribution in [0.15, 0.2) is 5.16 Å². The maximum atomic E-state index is 8.27. The van der Waals surface area contributed by atoms with Gasteiger partial charge in [0.25, 0.3) is 0 Å². The van der Waals surface area contributed by atoms with Crippen LogP contribution in [0.1, 0.15) is 13.8 Å². The van der Waals surface area contributed by atoms with Crippen LogP contribution < -0.4 is 0 Å². The van der Waals surface area contributed by atoms with E-state index in [0.29, 0.717) is 5.71 Å². The van der Waals surface area contributed by atoms with Crippen molar-refractivity contribution in [3.8, 4) is 0 Å². The molecule has 0 radical (unpaired) electrons. The molecule has 60 valence electrons. The minimum atomic E-state index is -0.190. The Kier molecular flexibility index (Phi) is 4.88. The average molecular weight is 147 g/mol. The number of rotatable bonds is 4. The molecule has 0 aliphatic rings. The third-order valence-electron chi connectivity index (χ3n) is 1.18. The third kappa shape index (κ3) is 3.42.